The number of pyridine rings is 2. The molecule has 7 nitrogen and oxygen atoms in total. The van der Waals surface area contributed by atoms with Crippen molar-refractivity contribution in [1.82, 2.24) is 14.9 Å². The highest BCUT2D eigenvalue weighted by atomic mass is 35.5. The van der Waals surface area contributed by atoms with Crippen LogP contribution < -0.4 is 10.6 Å². The van der Waals surface area contributed by atoms with Gasteiger partial charge in [0.15, 0.2) is 0 Å². The van der Waals surface area contributed by atoms with Crippen molar-refractivity contribution in [1.29, 1.82) is 0 Å². The molecule has 5 rings (SSSR count). The lowest BCUT2D eigenvalue weighted by atomic mass is 9.88. The maximum Gasteiger partial charge on any atom is 0.257 e. The number of piperidine rings is 1. The van der Waals surface area contributed by atoms with Gasteiger partial charge in [-0.2, -0.15) is 0 Å². The van der Waals surface area contributed by atoms with Crippen molar-refractivity contribution in [2.45, 2.75) is 38.6 Å². The largest absolute Gasteiger partial charge is 0.368 e. The average molecular weight is 554 g/mol. The summed E-state index contributed by atoms with van der Waals surface area (Å²) in [5, 5.41) is 6.38. The summed E-state index contributed by atoms with van der Waals surface area (Å²) in [4.78, 5) is 36.4. The number of amides is 2. The Morgan fingerprint density at radius 1 is 0.900 bits per heavy atom. The first-order valence-corrected chi connectivity index (χ1v) is 13.9. The predicted octanol–water partition coefficient (Wildman–Crippen LogP) is 6.89. The Balaban J connectivity index is 1.20. The van der Waals surface area contributed by atoms with Crippen molar-refractivity contribution >= 4 is 34.9 Å². The maximum absolute atomic E-state index is 13.3. The van der Waals surface area contributed by atoms with Gasteiger partial charge in [0, 0.05) is 43.3 Å². The number of carbonyl (C=O) groups excluding carboxylic acids is 2. The molecule has 0 spiro atoms. The Kier molecular flexibility index (Phi) is 8.41. The molecule has 0 unspecified atom stereocenters. The zero-order valence-electron chi connectivity index (χ0n) is 22.6. The SMILES string of the molecule is CC(C)Nc1ccc(C(=O)Nc2cc(C(=O)N3CCC(c4ccc(-c5ccncc5)cc4)CC3)ccc2Cl)cn1. The summed E-state index contributed by atoms with van der Waals surface area (Å²) in [6.45, 7) is 5.37. The van der Waals surface area contributed by atoms with Gasteiger partial charge in [0.2, 0.25) is 0 Å². The van der Waals surface area contributed by atoms with E-state index in [1.165, 1.54) is 17.3 Å². The normalized spacial score (nSPS) is 13.8. The van der Waals surface area contributed by atoms with Crippen LogP contribution in [0, 0.1) is 0 Å². The van der Waals surface area contributed by atoms with Gasteiger partial charge in [-0.25, -0.2) is 4.98 Å². The molecule has 8 heteroatoms. The number of nitrogens with one attached hydrogen (secondary N) is 2. The van der Waals surface area contributed by atoms with Crippen LogP contribution in [0.5, 0.6) is 0 Å². The Hall–Kier alpha value is -4.23. The molecule has 1 saturated heterocycles. The van der Waals surface area contributed by atoms with Crippen molar-refractivity contribution in [2.75, 3.05) is 23.7 Å². The molecular formula is C32H32ClN5O2. The van der Waals surface area contributed by atoms with Crippen molar-refractivity contribution in [3.05, 3.63) is 107 Å². The van der Waals surface area contributed by atoms with Crippen molar-refractivity contribution in [2.24, 2.45) is 0 Å². The summed E-state index contributed by atoms with van der Waals surface area (Å²) in [5.74, 6) is 0.699. The summed E-state index contributed by atoms with van der Waals surface area (Å²) in [5.41, 5.74) is 4.90. The zero-order valence-corrected chi connectivity index (χ0v) is 23.4. The van der Waals surface area contributed by atoms with Crippen LogP contribution in [0.15, 0.2) is 85.3 Å². The second-order valence-corrected chi connectivity index (χ2v) is 10.7. The summed E-state index contributed by atoms with van der Waals surface area (Å²) >= 11 is 6.37. The molecule has 1 aliphatic heterocycles. The molecule has 2 aromatic heterocycles. The Morgan fingerprint density at radius 3 is 2.23 bits per heavy atom. The van der Waals surface area contributed by atoms with Gasteiger partial charge in [0.1, 0.15) is 5.82 Å². The van der Waals surface area contributed by atoms with E-state index < -0.39 is 0 Å². The third kappa shape index (κ3) is 6.49. The Bertz CT molecular complexity index is 1470. The molecule has 0 saturated carbocycles. The van der Waals surface area contributed by atoms with E-state index in [9.17, 15) is 9.59 Å². The average Bonchev–Trinajstić information content (AvgIpc) is 2.98. The third-order valence-corrected chi connectivity index (χ3v) is 7.43. The summed E-state index contributed by atoms with van der Waals surface area (Å²) in [7, 11) is 0. The van der Waals surface area contributed by atoms with Crippen molar-refractivity contribution in [3.8, 4) is 11.1 Å². The fourth-order valence-electron chi connectivity index (χ4n) is 4.95. The number of halogens is 1. The summed E-state index contributed by atoms with van der Waals surface area (Å²) in [6, 6.07) is 21.4. The Morgan fingerprint density at radius 2 is 1.57 bits per heavy atom. The van der Waals surface area contributed by atoms with Crippen LogP contribution in [0.2, 0.25) is 5.02 Å². The van der Waals surface area contributed by atoms with Crippen LogP contribution in [0.3, 0.4) is 0 Å². The Labute approximate surface area is 239 Å². The van der Waals surface area contributed by atoms with E-state index in [1.54, 1.807) is 42.7 Å². The van der Waals surface area contributed by atoms with E-state index in [0.717, 1.165) is 18.4 Å². The van der Waals surface area contributed by atoms with Gasteiger partial charge in [-0.3, -0.25) is 14.6 Å². The molecule has 0 aliphatic carbocycles. The number of benzene rings is 2. The van der Waals surface area contributed by atoms with E-state index in [2.05, 4.69) is 44.9 Å². The monoisotopic (exact) mass is 553 g/mol. The van der Waals surface area contributed by atoms with Gasteiger partial charge in [-0.15, -0.1) is 0 Å². The highest BCUT2D eigenvalue weighted by Gasteiger charge is 2.25. The number of carbonyl (C=O) groups is 2. The molecule has 4 aromatic rings. The lowest BCUT2D eigenvalue weighted by Crippen LogP contribution is -2.38. The number of nitrogens with zero attached hydrogens (tertiary/aromatic N) is 3. The molecule has 2 amide bonds. The fraction of sp³-hybridized carbons (Fsp3) is 0.250. The minimum atomic E-state index is -0.342. The lowest BCUT2D eigenvalue weighted by Gasteiger charge is -2.32. The summed E-state index contributed by atoms with van der Waals surface area (Å²) < 4.78 is 0. The number of likely N-dealkylation sites (tertiary alicyclic amines) is 1. The summed E-state index contributed by atoms with van der Waals surface area (Å²) in [6.07, 6.45) is 6.91. The number of hydrogen-bond acceptors (Lipinski definition) is 5. The molecule has 1 aliphatic rings. The van der Waals surface area contributed by atoms with Crippen molar-refractivity contribution in [3.63, 3.8) is 0 Å². The molecular weight excluding hydrogens is 522 g/mol. The van der Waals surface area contributed by atoms with Crippen molar-refractivity contribution < 1.29 is 9.59 Å². The number of anilines is 2. The molecule has 204 valence electrons. The molecule has 2 aromatic carbocycles. The van der Waals surface area contributed by atoms with E-state index >= 15 is 0 Å². The van der Waals surface area contributed by atoms with Gasteiger partial charge in [-0.1, -0.05) is 35.9 Å². The van der Waals surface area contributed by atoms with Gasteiger partial charge in [0.25, 0.3) is 11.8 Å². The van der Waals surface area contributed by atoms with Crippen LogP contribution in [-0.2, 0) is 0 Å². The first kappa shape index (κ1) is 27.3. The molecule has 2 N–H and O–H groups in total. The highest BCUT2D eigenvalue weighted by Crippen LogP contribution is 2.31. The highest BCUT2D eigenvalue weighted by molar-refractivity contribution is 6.34. The molecule has 0 bridgehead atoms. The quantitative estimate of drug-likeness (QED) is 0.260. The molecule has 40 heavy (non-hydrogen) atoms. The first-order chi connectivity index (χ1) is 19.4. The van der Waals surface area contributed by atoms with Crippen LogP contribution in [0.4, 0.5) is 11.5 Å². The molecule has 0 radical (unpaired) electrons. The third-order valence-electron chi connectivity index (χ3n) is 7.10. The lowest BCUT2D eigenvalue weighted by molar-refractivity contribution is 0.0712. The fourth-order valence-corrected chi connectivity index (χ4v) is 5.11. The minimum absolute atomic E-state index is 0.0653. The second-order valence-electron chi connectivity index (χ2n) is 10.3. The number of hydrogen-bond donors (Lipinski definition) is 2. The topological polar surface area (TPSA) is 87.2 Å². The van der Waals surface area contributed by atoms with Gasteiger partial charge in [-0.05, 0) is 91.8 Å². The number of aromatic nitrogens is 2. The van der Waals surface area contributed by atoms with E-state index in [0.29, 0.717) is 46.7 Å². The van der Waals surface area contributed by atoms with E-state index in [4.69, 9.17) is 11.6 Å². The smallest absolute Gasteiger partial charge is 0.257 e. The first-order valence-electron chi connectivity index (χ1n) is 13.5. The van der Waals surface area contributed by atoms with Gasteiger partial charge in [0.05, 0.1) is 16.3 Å². The van der Waals surface area contributed by atoms with Gasteiger partial charge < -0.3 is 15.5 Å². The molecule has 3 heterocycles. The van der Waals surface area contributed by atoms with E-state index in [-0.39, 0.29) is 17.9 Å². The molecule has 1 fully saturated rings. The zero-order chi connectivity index (χ0) is 28.1. The molecule has 0 atom stereocenters. The number of rotatable bonds is 7. The van der Waals surface area contributed by atoms with Crippen LogP contribution in [0.25, 0.3) is 11.1 Å². The van der Waals surface area contributed by atoms with Gasteiger partial charge >= 0.3 is 0 Å². The van der Waals surface area contributed by atoms with Crippen LogP contribution in [0.1, 0.15) is 58.9 Å². The van der Waals surface area contributed by atoms with E-state index in [1.807, 2.05) is 30.9 Å². The van der Waals surface area contributed by atoms with Crippen LogP contribution >= 0.6 is 11.6 Å². The van der Waals surface area contributed by atoms with Crippen LogP contribution in [-0.4, -0.2) is 45.8 Å². The second kappa shape index (κ2) is 12.3. The maximum atomic E-state index is 13.3. The minimum Gasteiger partial charge on any atom is -0.368 e. The predicted molar refractivity (Wildman–Crippen MR) is 160 cm³/mol. The standard InChI is InChI=1S/C32H32ClN5O2/c1-21(2)36-30-10-8-27(20-35-30)31(39)37-29-19-26(7-9-28(29)33)32(40)38-17-13-25(14-18-38)23-5-3-22(4-6-23)24-11-15-34-16-12-24/h3-12,15-16,19-21,25H,13-14,17-18H2,1-2H3,(H,35,36)(H,37,39).